The molecule has 166 valence electrons. The van der Waals surface area contributed by atoms with Crippen LogP contribution in [0.2, 0.25) is 5.02 Å². The highest BCUT2D eigenvalue weighted by molar-refractivity contribution is 6.30. The predicted octanol–water partition coefficient (Wildman–Crippen LogP) is 5.58. The fourth-order valence-electron chi connectivity index (χ4n) is 4.34. The van der Waals surface area contributed by atoms with E-state index in [0.717, 1.165) is 23.3 Å². The molecule has 0 bridgehead atoms. The summed E-state index contributed by atoms with van der Waals surface area (Å²) in [6, 6.07) is 15.5. The number of nitrogens with one attached hydrogen (secondary N) is 1. The first-order valence-corrected chi connectivity index (χ1v) is 11.6. The van der Waals surface area contributed by atoms with Crippen molar-refractivity contribution in [2.45, 2.75) is 37.7 Å². The fourth-order valence-corrected chi connectivity index (χ4v) is 4.54. The fraction of sp³-hybridized carbons (Fsp3) is 0.269. The molecule has 33 heavy (non-hydrogen) atoms. The van der Waals surface area contributed by atoms with Crippen molar-refractivity contribution in [3.8, 4) is 5.75 Å². The number of hydrogen-bond donors (Lipinski definition) is 1. The van der Waals surface area contributed by atoms with E-state index in [1.165, 1.54) is 18.4 Å². The zero-order valence-electron chi connectivity index (χ0n) is 17.9. The van der Waals surface area contributed by atoms with Crippen molar-refractivity contribution in [2.75, 3.05) is 5.32 Å². The zero-order valence-corrected chi connectivity index (χ0v) is 18.7. The van der Waals surface area contributed by atoms with E-state index in [1.54, 1.807) is 12.3 Å². The number of carbonyl (C=O) groups excluding carboxylic acids is 1. The minimum atomic E-state index is -0.0857. The molecule has 0 saturated heterocycles. The van der Waals surface area contributed by atoms with E-state index in [9.17, 15) is 4.79 Å². The van der Waals surface area contributed by atoms with Gasteiger partial charge < -0.3 is 14.5 Å². The largest absolute Gasteiger partial charge is 0.483 e. The van der Waals surface area contributed by atoms with Crippen molar-refractivity contribution < 1.29 is 9.53 Å². The number of hydrogen-bond acceptors (Lipinski definition) is 4. The maximum atomic E-state index is 12.8. The Bertz CT molecular complexity index is 1350. The average molecular weight is 459 g/mol. The molecule has 3 aromatic heterocycles. The van der Waals surface area contributed by atoms with Crippen LogP contribution in [0.15, 0.2) is 67.1 Å². The Morgan fingerprint density at radius 1 is 1.12 bits per heavy atom. The van der Waals surface area contributed by atoms with Crippen LogP contribution in [-0.4, -0.2) is 20.3 Å². The van der Waals surface area contributed by atoms with Crippen LogP contribution < -0.4 is 10.1 Å². The van der Waals surface area contributed by atoms with E-state index >= 15 is 0 Å². The number of imidazole rings is 1. The third-order valence-corrected chi connectivity index (χ3v) is 6.60. The average Bonchev–Trinajstić information content (AvgIpc) is 3.74. The molecule has 0 spiro atoms. The molecule has 2 atom stereocenters. The Morgan fingerprint density at radius 2 is 2.03 bits per heavy atom. The van der Waals surface area contributed by atoms with Gasteiger partial charge in [0.15, 0.2) is 11.6 Å². The highest BCUT2D eigenvalue weighted by Crippen LogP contribution is 2.48. The van der Waals surface area contributed by atoms with Crippen molar-refractivity contribution in [3.05, 3.63) is 89.0 Å². The Balaban J connectivity index is 1.12. The number of fused-ring (bicyclic) bond motifs is 1. The molecule has 1 amide bonds. The summed E-state index contributed by atoms with van der Waals surface area (Å²) in [5.74, 6) is 1.71. The van der Waals surface area contributed by atoms with Crippen LogP contribution in [0.1, 0.15) is 47.9 Å². The standard InChI is InChI=1S/C26H23ClN4O2/c27-19-4-1-3-17(11-19)21-12-22(21)26(32)30-25-23(5-2-10-28-25)33-15-20-14-31-13-18(16-6-7-16)8-9-24(31)29-20/h1-5,8-11,13-14,16,21-22H,6-7,12,15H2,(H,28,30,32)/t21-,22+/m1/s1. The molecular weight excluding hydrogens is 436 g/mol. The molecule has 2 fully saturated rings. The summed E-state index contributed by atoms with van der Waals surface area (Å²) in [7, 11) is 0. The number of ether oxygens (including phenoxy) is 1. The quantitative estimate of drug-likeness (QED) is 0.392. The van der Waals surface area contributed by atoms with E-state index in [4.69, 9.17) is 16.3 Å². The first-order chi connectivity index (χ1) is 16.1. The van der Waals surface area contributed by atoms with Crippen LogP contribution in [0, 0.1) is 5.92 Å². The molecule has 2 saturated carbocycles. The van der Waals surface area contributed by atoms with Crippen molar-refractivity contribution in [1.29, 1.82) is 0 Å². The van der Waals surface area contributed by atoms with Crippen LogP contribution >= 0.6 is 11.6 Å². The Hall–Kier alpha value is -3.38. The summed E-state index contributed by atoms with van der Waals surface area (Å²) >= 11 is 6.10. The van der Waals surface area contributed by atoms with Gasteiger partial charge in [0.1, 0.15) is 12.3 Å². The highest BCUT2D eigenvalue weighted by atomic mass is 35.5. The second-order valence-electron chi connectivity index (χ2n) is 8.87. The molecule has 3 heterocycles. The number of carbonyl (C=O) groups is 1. The van der Waals surface area contributed by atoms with Crippen molar-refractivity contribution in [2.24, 2.45) is 5.92 Å². The van der Waals surface area contributed by atoms with Gasteiger partial charge in [-0.15, -0.1) is 0 Å². The summed E-state index contributed by atoms with van der Waals surface area (Å²) in [5.41, 5.74) is 4.18. The van der Waals surface area contributed by atoms with Crippen LogP contribution in [0.4, 0.5) is 5.82 Å². The van der Waals surface area contributed by atoms with Gasteiger partial charge in [0.25, 0.3) is 0 Å². The number of anilines is 1. The number of benzene rings is 1. The zero-order chi connectivity index (χ0) is 22.4. The molecule has 0 radical (unpaired) electrons. The monoisotopic (exact) mass is 458 g/mol. The maximum absolute atomic E-state index is 12.8. The SMILES string of the molecule is O=C(Nc1ncccc1OCc1cn2cc(C3CC3)ccc2n1)[C@H]1C[C@@H]1c1cccc(Cl)c1. The van der Waals surface area contributed by atoms with Crippen LogP contribution in [-0.2, 0) is 11.4 Å². The minimum Gasteiger partial charge on any atom is -0.483 e. The maximum Gasteiger partial charge on any atom is 0.229 e. The number of aromatic nitrogens is 3. The van der Waals surface area contributed by atoms with Gasteiger partial charge in [-0.05, 0) is 72.6 Å². The topological polar surface area (TPSA) is 68.5 Å². The predicted molar refractivity (Wildman–Crippen MR) is 127 cm³/mol. The van der Waals surface area contributed by atoms with Crippen molar-refractivity contribution >= 4 is 29.0 Å². The molecule has 0 unspecified atom stereocenters. The minimum absolute atomic E-state index is 0.0520. The van der Waals surface area contributed by atoms with Gasteiger partial charge in [0, 0.05) is 29.5 Å². The second kappa shape index (κ2) is 8.19. The van der Waals surface area contributed by atoms with E-state index in [1.807, 2.05) is 36.5 Å². The summed E-state index contributed by atoms with van der Waals surface area (Å²) in [6.45, 7) is 0.295. The Labute approximate surface area is 196 Å². The van der Waals surface area contributed by atoms with Crippen LogP contribution in [0.5, 0.6) is 5.75 Å². The van der Waals surface area contributed by atoms with Crippen LogP contribution in [0.25, 0.3) is 5.65 Å². The van der Waals surface area contributed by atoms with Gasteiger partial charge in [-0.3, -0.25) is 4.79 Å². The van der Waals surface area contributed by atoms with Crippen LogP contribution in [0.3, 0.4) is 0 Å². The molecule has 6 rings (SSSR count). The smallest absolute Gasteiger partial charge is 0.229 e. The molecular formula is C26H23ClN4O2. The summed E-state index contributed by atoms with van der Waals surface area (Å²) in [5, 5.41) is 3.63. The van der Waals surface area contributed by atoms with Crippen molar-refractivity contribution in [3.63, 3.8) is 0 Å². The molecule has 4 aromatic rings. The van der Waals surface area contributed by atoms with E-state index in [-0.39, 0.29) is 17.7 Å². The molecule has 1 aromatic carbocycles. The lowest BCUT2D eigenvalue weighted by Gasteiger charge is -2.10. The first kappa shape index (κ1) is 20.2. The van der Waals surface area contributed by atoms with Gasteiger partial charge in [0.05, 0.1) is 5.69 Å². The van der Waals surface area contributed by atoms with Crippen molar-refractivity contribution in [1.82, 2.24) is 14.4 Å². The molecule has 7 heteroatoms. The first-order valence-electron chi connectivity index (χ1n) is 11.3. The number of nitrogens with zero attached hydrogens (tertiary/aromatic N) is 3. The number of rotatable bonds is 7. The summed E-state index contributed by atoms with van der Waals surface area (Å²) in [6.07, 6.45) is 9.15. The molecule has 2 aliphatic rings. The van der Waals surface area contributed by atoms with Gasteiger partial charge in [-0.1, -0.05) is 29.8 Å². The lowest BCUT2D eigenvalue weighted by Crippen LogP contribution is -2.16. The molecule has 0 aliphatic heterocycles. The van der Waals surface area contributed by atoms with E-state index in [0.29, 0.717) is 29.1 Å². The second-order valence-corrected chi connectivity index (χ2v) is 9.30. The van der Waals surface area contributed by atoms with E-state index < -0.39 is 0 Å². The summed E-state index contributed by atoms with van der Waals surface area (Å²) < 4.78 is 8.06. The van der Waals surface area contributed by atoms with Gasteiger partial charge in [-0.25, -0.2) is 9.97 Å². The lowest BCUT2D eigenvalue weighted by molar-refractivity contribution is -0.117. The summed E-state index contributed by atoms with van der Waals surface area (Å²) in [4.78, 5) is 21.8. The van der Waals surface area contributed by atoms with E-state index in [2.05, 4.69) is 38.0 Å². The number of amides is 1. The Kier molecular flexibility index (Phi) is 5.03. The van der Waals surface area contributed by atoms with Gasteiger partial charge in [-0.2, -0.15) is 0 Å². The van der Waals surface area contributed by atoms with Gasteiger partial charge in [0.2, 0.25) is 5.91 Å². The highest BCUT2D eigenvalue weighted by Gasteiger charge is 2.44. The lowest BCUT2D eigenvalue weighted by atomic mass is 10.1. The Morgan fingerprint density at radius 3 is 2.88 bits per heavy atom. The normalized spacial score (nSPS) is 19.4. The molecule has 6 nitrogen and oxygen atoms in total. The number of halogens is 1. The number of pyridine rings is 2. The third kappa shape index (κ3) is 4.31. The third-order valence-electron chi connectivity index (χ3n) is 6.36. The molecule has 2 aliphatic carbocycles. The van der Waals surface area contributed by atoms with Gasteiger partial charge >= 0.3 is 0 Å². The molecule has 1 N–H and O–H groups in total.